The van der Waals surface area contributed by atoms with Crippen molar-refractivity contribution < 1.29 is 23.6 Å². The molecule has 1 aromatic carbocycles. The molecule has 2 atom stereocenters. The van der Waals surface area contributed by atoms with E-state index in [0.29, 0.717) is 11.8 Å². The second-order valence-corrected chi connectivity index (χ2v) is 9.02. The molecule has 0 spiro atoms. The number of hydrogen-bond acceptors (Lipinski definition) is 5. The summed E-state index contributed by atoms with van der Waals surface area (Å²) in [6.45, 7) is 8.90. The van der Waals surface area contributed by atoms with Crippen LogP contribution in [0.15, 0.2) is 24.3 Å². The standard InChI is InChI=1S/C23H33FN4O4/c1-14(2)20(30)28-19(23(3,4)5)22(32)27-18(11-10-17(29)12-25)21(31)26-13-15-6-8-16(24)9-7-15/h6-9,12,14,18-19,25H,10-11,13H2,1-5H3,(H,26,31)(H,27,32)(H,28,30)/t18-,19+/m0/s1. The van der Waals surface area contributed by atoms with Gasteiger partial charge in [-0.3, -0.25) is 19.2 Å². The van der Waals surface area contributed by atoms with E-state index in [2.05, 4.69) is 16.0 Å². The number of carbonyl (C=O) groups is 4. The van der Waals surface area contributed by atoms with Crippen molar-refractivity contribution >= 4 is 29.7 Å². The second kappa shape index (κ2) is 12.1. The molecule has 9 heteroatoms. The largest absolute Gasteiger partial charge is 0.350 e. The molecule has 0 aliphatic carbocycles. The number of benzene rings is 1. The summed E-state index contributed by atoms with van der Waals surface area (Å²) < 4.78 is 13.1. The van der Waals surface area contributed by atoms with Crippen LogP contribution in [-0.4, -0.2) is 41.8 Å². The van der Waals surface area contributed by atoms with Gasteiger partial charge >= 0.3 is 0 Å². The Balaban J connectivity index is 2.96. The molecule has 0 bridgehead atoms. The Kier molecular flexibility index (Phi) is 10.2. The van der Waals surface area contributed by atoms with Crippen LogP contribution in [0.5, 0.6) is 0 Å². The molecule has 1 aromatic rings. The van der Waals surface area contributed by atoms with Gasteiger partial charge in [-0.25, -0.2) is 4.39 Å². The van der Waals surface area contributed by atoms with Crippen molar-refractivity contribution in [2.24, 2.45) is 11.3 Å². The molecule has 0 heterocycles. The summed E-state index contributed by atoms with van der Waals surface area (Å²) in [5, 5.41) is 15.1. The molecule has 8 nitrogen and oxygen atoms in total. The van der Waals surface area contributed by atoms with Gasteiger partial charge in [0.05, 0.1) is 6.21 Å². The van der Waals surface area contributed by atoms with E-state index < -0.39 is 40.9 Å². The van der Waals surface area contributed by atoms with Crippen molar-refractivity contribution in [1.29, 1.82) is 5.41 Å². The van der Waals surface area contributed by atoms with Crippen molar-refractivity contribution in [3.8, 4) is 0 Å². The predicted octanol–water partition coefficient (Wildman–Crippen LogP) is 2.11. The van der Waals surface area contributed by atoms with E-state index in [0.717, 1.165) is 0 Å². The Morgan fingerprint density at radius 2 is 1.59 bits per heavy atom. The zero-order chi connectivity index (χ0) is 24.5. The highest BCUT2D eigenvalue weighted by molar-refractivity contribution is 6.26. The Labute approximate surface area is 188 Å². The smallest absolute Gasteiger partial charge is 0.243 e. The second-order valence-electron chi connectivity index (χ2n) is 9.02. The van der Waals surface area contributed by atoms with Crippen molar-refractivity contribution in [1.82, 2.24) is 16.0 Å². The van der Waals surface area contributed by atoms with Gasteiger partial charge in [-0.2, -0.15) is 0 Å². The van der Waals surface area contributed by atoms with Gasteiger partial charge in [0, 0.05) is 18.9 Å². The summed E-state index contributed by atoms with van der Waals surface area (Å²) in [5.41, 5.74) is 0.0336. The number of Topliss-reactive ketones (excluding diaryl/α,β-unsaturated/α-hetero) is 1. The number of halogens is 1. The molecule has 1 rings (SSSR count). The minimum absolute atomic E-state index is 0.00973. The SMILES string of the molecule is CC(C)C(=O)N[C@H](C(=O)N[C@@H](CCC(=O)C=N)C(=O)NCc1ccc(F)cc1)C(C)(C)C. The predicted molar refractivity (Wildman–Crippen MR) is 119 cm³/mol. The molecule has 0 aliphatic heterocycles. The van der Waals surface area contributed by atoms with Crippen molar-refractivity contribution in [3.05, 3.63) is 35.6 Å². The topological polar surface area (TPSA) is 128 Å². The fourth-order valence-corrected chi connectivity index (χ4v) is 2.78. The van der Waals surface area contributed by atoms with Crippen LogP contribution in [-0.2, 0) is 25.7 Å². The molecule has 0 fully saturated rings. The number of nitrogens with one attached hydrogen (secondary N) is 4. The first kappa shape index (κ1) is 26.9. The Morgan fingerprint density at radius 3 is 2.09 bits per heavy atom. The van der Waals surface area contributed by atoms with Crippen LogP contribution in [0.1, 0.15) is 53.0 Å². The van der Waals surface area contributed by atoms with Gasteiger partial charge in [0.2, 0.25) is 17.7 Å². The number of ketones is 1. The van der Waals surface area contributed by atoms with E-state index in [1.807, 2.05) is 0 Å². The first-order chi connectivity index (χ1) is 14.8. The van der Waals surface area contributed by atoms with Crippen LogP contribution >= 0.6 is 0 Å². The maximum absolute atomic E-state index is 13.1. The van der Waals surface area contributed by atoms with Crippen molar-refractivity contribution in [3.63, 3.8) is 0 Å². The van der Waals surface area contributed by atoms with Crippen LogP contribution in [0, 0.1) is 22.6 Å². The molecule has 3 amide bonds. The first-order valence-corrected chi connectivity index (χ1v) is 10.5. The van der Waals surface area contributed by atoms with Gasteiger partial charge in [-0.1, -0.05) is 46.8 Å². The van der Waals surface area contributed by atoms with E-state index >= 15 is 0 Å². The van der Waals surface area contributed by atoms with Gasteiger partial charge in [0.1, 0.15) is 17.9 Å². The molecular formula is C23H33FN4O4. The van der Waals surface area contributed by atoms with E-state index in [4.69, 9.17) is 5.41 Å². The van der Waals surface area contributed by atoms with Gasteiger partial charge in [0.15, 0.2) is 5.78 Å². The lowest BCUT2D eigenvalue weighted by molar-refractivity contribution is -0.135. The number of amides is 3. The molecular weight excluding hydrogens is 415 g/mol. The third-order valence-electron chi connectivity index (χ3n) is 4.79. The lowest BCUT2D eigenvalue weighted by Gasteiger charge is -2.32. The van der Waals surface area contributed by atoms with Crippen molar-refractivity contribution in [2.45, 2.75) is 66.1 Å². The number of hydrogen-bond donors (Lipinski definition) is 4. The molecule has 0 aromatic heterocycles. The summed E-state index contributed by atoms with van der Waals surface area (Å²) in [4.78, 5) is 49.5. The van der Waals surface area contributed by atoms with Crippen LogP contribution in [0.25, 0.3) is 0 Å². The van der Waals surface area contributed by atoms with Crippen LogP contribution < -0.4 is 16.0 Å². The summed E-state index contributed by atoms with van der Waals surface area (Å²) in [7, 11) is 0. The average Bonchev–Trinajstić information content (AvgIpc) is 2.72. The van der Waals surface area contributed by atoms with Crippen LogP contribution in [0.2, 0.25) is 0 Å². The lowest BCUT2D eigenvalue weighted by Crippen LogP contribution is -2.58. The summed E-state index contributed by atoms with van der Waals surface area (Å²) in [5.74, 6) is -2.56. The van der Waals surface area contributed by atoms with Gasteiger partial charge in [0.25, 0.3) is 0 Å². The third-order valence-corrected chi connectivity index (χ3v) is 4.79. The van der Waals surface area contributed by atoms with Gasteiger partial charge < -0.3 is 21.4 Å². The maximum Gasteiger partial charge on any atom is 0.243 e. The van der Waals surface area contributed by atoms with Crippen LogP contribution in [0.3, 0.4) is 0 Å². The average molecular weight is 449 g/mol. The van der Waals surface area contributed by atoms with E-state index in [1.54, 1.807) is 34.6 Å². The lowest BCUT2D eigenvalue weighted by atomic mass is 9.85. The first-order valence-electron chi connectivity index (χ1n) is 10.5. The molecule has 0 radical (unpaired) electrons. The fraction of sp³-hybridized carbons (Fsp3) is 0.522. The maximum atomic E-state index is 13.1. The Bertz CT molecular complexity index is 831. The van der Waals surface area contributed by atoms with E-state index in [9.17, 15) is 23.6 Å². The molecule has 176 valence electrons. The molecule has 0 saturated carbocycles. The molecule has 0 saturated heterocycles. The summed E-state index contributed by atoms with van der Waals surface area (Å²) in [6, 6.07) is 3.65. The zero-order valence-corrected chi connectivity index (χ0v) is 19.3. The van der Waals surface area contributed by atoms with Crippen molar-refractivity contribution in [2.75, 3.05) is 0 Å². The summed E-state index contributed by atoms with van der Waals surface area (Å²) >= 11 is 0. The fourth-order valence-electron chi connectivity index (χ4n) is 2.78. The quantitative estimate of drug-likeness (QED) is 0.387. The highest BCUT2D eigenvalue weighted by atomic mass is 19.1. The highest BCUT2D eigenvalue weighted by Gasteiger charge is 2.35. The van der Waals surface area contributed by atoms with Crippen LogP contribution in [0.4, 0.5) is 4.39 Å². The highest BCUT2D eigenvalue weighted by Crippen LogP contribution is 2.20. The van der Waals surface area contributed by atoms with Gasteiger partial charge in [-0.05, 0) is 29.5 Å². The third kappa shape index (κ3) is 8.95. The molecule has 0 unspecified atom stereocenters. The molecule has 0 aliphatic rings. The van der Waals surface area contributed by atoms with E-state index in [-0.39, 0.29) is 31.2 Å². The molecule has 4 N–H and O–H groups in total. The minimum atomic E-state index is -1.05. The molecule has 32 heavy (non-hydrogen) atoms. The normalized spacial score (nSPS) is 13.1. The zero-order valence-electron chi connectivity index (χ0n) is 19.3. The number of rotatable bonds is 11. The Morgan fingerprint density at radius 1 is 1.00 bits per heavy atom. The number of carbonyl (C=O) groups excluding carboxylic acids is 4. The monoisotopic (exact) mass is 448 g/mol. The van der Waals surface area contributed by atoms with E-state index in [1.165, 1.54) is 24.3 Å². The van der Waals surface area contributed by atoms with Gasteiger partial charge in [-0.15, -0.1) is 0 Å². The Hall–Kier alpha value is -3.10. The summed E-state index contributed by atoms with van der Waals surface area (Å²) in [6.07, 6.45) is 0.553. The minimum Gasteiger partial charge on any atom is -0.350 e.